The van der Waals surface area contributed by atoms with Crippen molar-refractivity contribution in [2.75, 3.05) is 0 Å². The molecule has 0 fully saturated rings. The van der Waals surface area contributed by atoms with Gasteiger partial charge in [-0.3, -0.25) is 0 Å². The first-order chi connectivity index (χ1) is 3.66. The van der Waals surface area contributed by atoms with Crippen LogP contribution in [0.5, 0.6) is 0 Å². The molecule has 0 saturated carbocycles. The minimum absolute atomic E-state index is 0.250. The quantitative estimate of drug-likeness (QED) is 0.506. The standard InChI is InChI=1S/C4H5O3.Ir/c1-3(5)7-4(2)6;/h1H2,2H3;. The first-order valence-corrected chi connectivity index (χ1v) is 3.60. The van der Waals surface area contributed by atoms with E-state index in [1.54, 1.807) is 18.9 Å². The van der Waals surface area contributed by atoms with Gasteiger partial charge in [0.1, 0.15) is 0 Å². The molecule has 0 atom stereocenters. The normalized spacial score (nSPS) is 8.38. The molecule has 0 unspecified atom stereocenters. The van der Waals surface area contributed by atoms with Crippen LogP contribution in [0, 0.1) is 0 Å². The van der Waals surface area contributed by atoms with E-state index in [9.17, 15) is 9.59 Å². The maximum atomic E-state index is 10.2. The van der Waals surface area contributed by atoms with Crippen LogP contribution in [0.2, 0.25) is 4.93 Å². The van der Waals surface area contributed by atoms with Crippen molar-refractivity contribution >= 4 is 11.9 Å². The molecule has 0 aromatic rings. The summed E-state index contributed by atoms with van der Waals surface area (Å²) in [6, 6.07) is 0. The summed E-state index contributed by atoms with van der Waals surface area (Å²) in [7, 11) is 0. The van der Waals surface area contributed by atoms with Crippen LogP contribution in [0.4, 0.5) is 0 Å². The van der Waals surface area contributed by atoms with E-state index in [1.807, 2.05) is 0 Å². The SMILES string of the molecule is CC(=O)OC(=O)[CH2][Ir]. The zero-order chi connectivity index (χ0) is 6.57. The van der Waals surface area contributed by atoms with Crippen LogP contribution in [0.25, 0.3) is 0 Å². The second kappa shape index (κ2) is 3.75. The molecule has 0 N–H and O–H groups in total. The Kier molecular flexibility index (Phi) is 3.65. The molecule has 0 aliphatic rings. The zero-order valence-electron chi connectivity index (χ0n) is 4.27. The topological polar surface area (TPSA) is 43.4 Å². The van der Waals surface area contributed by atoms with Crippen molar-refractivity contribution in [1.82, 2.24) is 0 Å². The van der Waals surface area contributed by atoms with Gasteiger partial charge in [-0.2, -0.15) is 0 Å². The molecule has 0 heterocycles. The van der Waals surface area contributed by atoms with Crippen molar-refractivity contribution < 1.29 is 33.2 Å². The van der Waals surface area contributed by atoms with Gasteiger partial charge in [-0.25, -0.2) is 0 Å². The van der Waals surface area contributed by atoms with Gasteiger partial charge in [-0.1, -0.05) is 0 Å². The molecule has 48 valence electrons. The molecule has 0 rings (SSSR count). The minimum atomic E-state index is -0.545. The molecule has 0 aromatic carbocycles. The van der Waals surface area contributed by atoms with Crippen LogP contribution < -0.4 is 0 Å². The predicted molar refractivity (Wildman–Crippen MR) is 21.6 cm³/mol. The molecule has 0 bridgehead atoms. The van der Waals surface area contributed by atoms with E-state index in [2.05, 4.69) is 4.74 Å². The van der Waals surface area contributed by atoms with E-state index in [0.717, 1.165) is 0 Å². The maximum absolute atomic E-state index is 10.2. The molecular weight excluding hydrogens is 288 g/mol. The molecule has 0 saturated heterocycles. The Labute approximate surface area is 57.6 Å². The van der Waals surface area contributed by atoms with Crippen LogP contribution in [0.15, 0.2) is 0 Å². The molecule has 8 heavy (non-hydrogen) atoms. The second-order valence-electron chi connectivity index (χ2n) is 1.08. The Morgan fingerprint density at radius 2 is 2.12 bits per heavy atom. The number of carbonyl (C=O) groups is 2. The van der Waals surface area contributed by atoms with Gasteiger partial charge in [0.05, 0.1) is 0 Å². The average molecular weight is 293 g/mol. The number of hydrogen-bond acceptors (Lipinski definition) is 3. The molecular formula is C4H5IrO3. The molecule has 0 aliphatic heterocycles. The van der Waals surface area contributed by atoms with Crippen LogP contribution >= 0.6 is 0 Å². The van der Waals surface area contributed by atoms with E-state index in [-0.39, 0.29) is 4.93 Å². The van der Waals surface area contributed by atoms with E-state index in [1.165, 1.54) is 6.92 Å². The fourth-order valence-electron chi connectivity index (χ4n) is 0.184. The van der Waals surface area contributed by atoms with Crippen molar-refractivity contribution in [3.8, 4) is 0 Å². The van der Waals surface area contributed by atoms with E-state index in [4.69, 9.17) is 0 Å². The molecule has 3 nitrogen and oxygen atoms in total. The first-order valence-electron chi connectivity index (χ1n) is 1.91. The second-order valence-corrected chi connectivity index (χ2v) is 1.93. The van der Waals surface area contributed by atoms with Gasteiger partial charge in [0.25, 0.3) is 0 Å². The number of ether oxygens (including phenoxy) is 1. The summed E-state index contributed by atoms with van der Waals surface area (Å²) < 4.78 is 4.12. The Bertz CT molecular complexity index is 110. The fraction of sp³-hybridized carbons (Fsp3) is 0.500. The summed E-state index contributed by atoms with van der Waals surface area (Å²) in [6.45, 7) is 1.20. The van der Waals surface area contributed by atoms with E-state index < -0.39 is 11.9 Å². The van der Waals surface area contributed by atoms with Crippen LogP contribution in [0.1, 0.15) is 6.92 Å². The van der Waals surface area contributed by atoms with Gasteiger partial charge < -0.3 is 0 Å². The van der Waals surface area contributed by atoms with Crippen LogP contribution in [0.3, 0.4) is 0 Å². The summed E-state index contributed by atoms with van der Waals surface area (Å²) in [5.41, 5.74) is 0. The van der Waals surface area contributed by atoms with Crippen molar-refractivity contribution in [1.29, 1.82) is 0 Å². The van der Waals surface area contributed by atoms with Crippen molar-refractivity contribution in [2.24, 2.45) is 0 Å². The molecule has 4 heteroatoms. The summed E-state index contributed by atoms with van der Waals surface area (Å²) >= 11 is 1.63. The summed E-state index contributed by atoms with van der Waals surface area (Å²) in [6.07, 6.45) is 0. The summed E-state index contributed by atoms with van der Waals surface area (Å²) in [5.74, 6) is -1.02. The Morgan fingerprint density at radius 1 is 1.62 bits per heavy atom. The third-order valence-electron chi connectivity index (χ3n) is 0.354. The Morgan fingerprint density at radius 3 is 2.25 bits per heavy atom. The van der Waals surface area contributed by atoms with Gasteiger partial charge >= 0.3 is 57.0 Å². The van der Waals surface area contributed by atoms with Crippen LogP contribution in [-0.4, -0.2) is 11.9 Å². The summed E-state index contributed by atoms with van der Waals surface area (Å²) in [5, 5.41) is 0. The van der Waals surface area contributed by atoms with Gasteiger partial charge in [0.2, 0.25) is 0 Å². The molecule has 0 radical (unpaired) electrons. The van der Waals surface area contributed by atoms with E-state index in [0.29, 0.717) is 0 Å². The van der Waals surface area contributed by atoms with Crippen molar-refractivity contribution in [3.05, 3.63) is 0 Å². The molecule has 0 spiro atoms. The number of carbonyl (C=O) groups excluding carboxylic acids is 2. The van der Waals surface area contributed by atoms with E-state index >= 15 is 0 Å². The molecule has 0 aliphatic carbocycles. The first kappa shape index (κ1) is 7.79. The monoisotopic (exact) mass is 294 g/mol. The average Bonchev–Trinajstić information content (AvgIpc) is 1.65. The summed E-state index contributed by atoms with van der Waals surface area (Å²) in [4.78, 5) is 20.4. The van der Waals surface area contributed by atoms with Gasteiger partial charge in [0, 0.05) is 0 Å². The number of hydrogen-bond donors (Lipinski definition) is 0. The van der Waals surface area contributed by atoms with Gasteiger partial charge in [0.15, 0.2) is 0 Å². The van der Waals surface area contributed by atoms with Gasteiger partial charge in [-0.05, 0) is 0 Å². The Hall–Kier alpha value is -0.211. The fourth-order valence-corrected chi connectivity index (χ4v) is 0.357. The third kappa shape index (κ3) is 3.96. The third-order valence-corrected chi connectivity index (χ3v) is 1.05. The van der Waals surface area contributed by atoms with Gasteiger partial charge in [-0.15, -0.1) is 0 Å². The number of esters is 2. The van der Waals surface area contributed by atoms with Crippen LogP contribution in [-0.2, 0) is 33.2 Å². The number of rotatable bonds is 1. The predicted octanol–water partition coefficient (Wildman–Crippen LogP) is 0.0412. The van der Waals surface area contributed by atoms with Crippen molar-refractivity contribution in [2.45, 2.75) is 11.9 Å². The molecule has 0 amide bonds. The zero-order valence-corrected chi connectivity index (χ0v) is 6.66. The molecule has 0 aromatic heterocycles. The van der Waals surface area contributed by atoms with Crippen molar-refractivity contribution in [3.63, 3.8) is 0 Å². The Balaban J connectivity index is 3.40.